The summed E-state index contributed by atoms with van der Waals surface area (Å²) in [4.78, 5) is 4.28. The molecule has 0 saturated carbocycles. The first-order chi connectivity index (χ1) is 11.5. The average molecular weight is 361 g/mol. The SMILES string of the molecule is O=S(=O)(Nc1cc(Cl)cc(Oc2ccccc2)n1)c1ccccc1. The first kappa shape index (κ1) is 16.3. The summed E-state index contributed by atoms with van der Waals surface area (Å²) in [6.45, 7) is 0. The average Bonchev–Trinajstić information content (AvgIpc) is 2.55. The van der Waals surface area contributed by atoms with E-state index in [1.54, 1.807) is 30.3 Å². The number of anilines is 1. The maximum absolute atomic E-state index is 12.3. The van der Waals surface area contributed by atoms with Gasteiger partial charge in [-0.2, -0.15) is 4.98 Å². The number of nitrogens with one attached hydrogen (secondary N) is 1. The van der Waals surface area contributed by atoms with Gasteiger partial charge in [0.2, 0.25) is 5.88 Å². The molecule has 0 spiro atoms. The van der Waals surface area contributed by atoms with Gasteiger partial charge in [0.05, 0.1) is 4.90 Å². The zero-order valence-corrected chi connectivity index (χ0v) is 14.0. The molecule has 2 aromatic carbocycles. The molecule has 0 atom stereocenters. The first-order valence-electron chi connectivity index (χ1n) is 7.01. The second kappa shape index (κ2) is 6.90. The van der Waals surface area contributed by atoms with E-state index < -0.39 is 10.0 Å². The first-order valence-corrected chi connectivity index (χ1v) is 8.87. The molecule has 7 heteroatoms. The number of ether oxygens (including phenoxy) is 1. The summed E-state index contributed by atoms with van der Waals surface area (Å²) >= 11 is 6.04. The number of hydrogen-bond acceptors (Lipinski definition) is 4. The van der Waals surface area contributed by atoms with Gasteiger partial charge in [-0.1, -0.05) is 48.0 Å². The minimum Gasteiger partial charge on any atom is -0.439 e. The van der Waals surface area contributed by atoms with Crippen LogP contribution in [0.25, 0.3) is 0 Å². The van der Waals surface area contributed by atoms with Crippen molar-refractivity contribution >= 4 is 27.4 Å². The fourth-order valence-electron chi connectivity index (χ4n) is 1.98. The van der Waals surface area contributed by atoms with Crippen LogP contribution in [0.2, 0.25) is 5.02 Å². The van der Waals surface area contributed by atoms with E-state index in [1.165, 1.54) is 24.3 Å². The topological polar surface area (TPSA) is 68.3 Å². The van der Waals surface area contributed by atoms with E-state index in [2.05, 4.69) is 9.71 Å². The molecule has 0 radical (unpaired) electrons. The van der Waals surface area contributed by atoms with Crippen molar-refractivity contribution in [2.75, 3.05) is 4.72 Å². The largest absolute Gasteiger partial charge is 0.439 e. The van der Waals surface area contributed by atoms with Crippen LogP contribution < -0.4 is 9.46 Å². The number of hydrogen-bond donors (Lipinski definition) is 1. The van der Waals surface area contributed by atoms with E-state index in [0.29, 0.717) is 10.8 Å². The maximum atomic E-state index is 12.3. The van der Waals surface area contributed by atoms with Crippen molar-refractivity contribution in [2.24, 2.45) is 0 Å². The molecule has 0 amide bonds. The van der Waals surface area contributed by atoms with E-state index >= 15 is 0 Å². The van der Waals surface area contributed by atoms with Crippen molar-refractivity contribution < 1.29 is 13.2 Å². The fraction of sp³-hybridized carbons (Fsp3) is 0. The van der Waals surface area contributed by atoms with E-state index in [4.69, 9.17) is 16.3 Å². The third-order valence-electron chi connectivity index (χ3n) is 3.02. The highest BCUT2D eigenvalue weighted by Gasteiger charge is 2.15. The van der Waals surface area contributed by atoms with Crippen LogP contribution in [0, 0.1) is 0 Å². The van der Waals surface area contributed by atoms with Crippen LogP contribution in [0.1, 0.15) is 0 Å². The lowest BCUT2D eigenvalue weighted by Gasteiger charge is -2.10. The number of pyridine rings is 1. The quantitative estimate of drug-likeness (QED) is 0.735. The number of para-hydroxylation sites is 1. The third kappa shape index (κ3) is 4.04. The van der Waals surface area contributed by atoms with Crippen molar-refractivity contribution in [3.8, 4) is 11.6 Å². The maximum Gasteiger partial charge on any atom is 0.263 e. The van der Waals surface area contributed by atoms with Gasteiger partial charge in [-0.3, -0.25) is 4.72 Å². The van der Waals surface area contributed by atoms with Gasteiger partial charge in [0.15, 0.2) is 0 Å². The molecule has 1 heterocycles. The molecule has 0 bridgehead atoms. The molecule has 0 aliphatic rings. The van der Waals surface area contributed by atoms with Crippen LogP contribution in [-0.2, 0) is 10.0 Å². The van der Waals surface area contributed by atoms with E-state index in [1.807, 2.05) is 18.2 Å². The number of sulfonamides is 1. The van der Waals surface area contributed by atoms with Gasteiger partial charge in [0.1, 0.15) is 11.6 Å². The molecule has 3 aromatic rings. The van der Waals surface area contributed by atoms with E-state index in [9.17, 15) is 8.42 Å². The zero-order valence-electron chi connectivity index (χ0n) is 12.4. The monoisotopic (exact) mass is 360 g/mol. The second-order valence-electron chi connectivity index (χ2n) is 4.84. The molecule has 1 N–H and O–H groups in total. The summed E-state index contributed by atoms with van der Waals surface area (Å²) in [6.07, 6.45) is 0. The van der Waals surface area contributed by atoms with Gasteiger partial charge in [0.25, 0.3) is 10.0 Å². The highest BCUT2D eigenvalue weighted by molar-refractivity contribution is 7.92. The molecule has 3 rings (SSSR count). The van der Waals surface area contributed by atoms with Gasteiger partial charge in [0, 0.05) is 17.2 Å². The molecular weight excluding hydrogens is 348 g/mol. The summed E-state index contributed by atoms with van der Waals surface area (Å²) in [5.74, 6) is 0.848. The van der Waals surface area contributed by atoms with Crippen LogP contribution in [0.4, 0.5) is 5.82 Å². The third-order valence-corrected chi connectivity index (χ3v) is 4.61. The van der Waals surface area contributed by atoms with Gasteiger partial charge in [-0.15, -0.1) is 0 Å². The Labute approximate surface area is 144 Å². The lowest BCUT2D eigenvalue weighted by molar-refractivity contribution is 0.464. The standard InChI is InChI=1S/C17H13ClN2O3S/c18-13-11-16(20-24(21,22)15-9-5-2-6-10-15)19-17(12-13)23-14-7-3-1-4-8-14/h1-12H,(H,19,20). The molecule has 0 aliphatic carbocycles. The predicted molar refractivity (Wildman–Crippen MR) is 93.0 cm³/mol. The van der Waals surface area contributed by atoms with Gasteiger partial charge in [-0.05, 0) is 24.3 Å². The number of nitrogens with zero attached hydrogens (tertiary/aromatic N) is 1. The number of benzene rings is 2. The summed E-state index contributed by atoms with van der Waals surface area (Å²) < 4.78 is 32.7. The normalized spacial score (nSPS) is 11.0. The van der Waals surface area contributed by atoms with Crippen LogP contribution >= 0.6 is 11.6 Å². The Kier molecular flexibility index (Phi) is 4.69. The highest BCUT2D eigenvalue weighted by atomic mass is 35.5. The number of halogens is 1. The van der Waals surface area contributed by atoms with Crippen LogP contribution in [0.15, 0.2) is 77.7 Å². The summed E-state index contributed by atoms with van der Waals surface area (Å²) in [5, 5.41) is 0.307. The fourth-order valence-corrected chi connectivity index (χ4v) is 3.19. The Morgan fingerprint density at radius 1 is 0.917 bits per heavy atom. The summed E-state index contributed by atoms with van der Waals surface area (Å²) in [6, 6.07) is 20.0. The lowest BCUT2D eigenvalue weighted by Crippen LogP contribution is -2.13. The molecule has 122 valence electrons. The molecular formula is C17H13ClN2O3S. The Hall–Kier alpha value is -2.57. The molecule has 0 saturated heterocycles. The number of rotatable bonds is 5. The summed E-state index contributed by atoms with van der Waals surface area (Å²) in [7, 11) is -3.75. The van der Waals surface area contributed by atoms with Crippen molar-refractivity contribution in [3.05, 3.63) is 77.8 Å². The van der Waals surface area contributed by atoms with Crippen molar-refractivity contribution in [1.82, 2.24) is 4.98 Å². The molecule has 24 heavy (non-hydrogen) atoms. The minimum atomic E-state index is -3.75. The van der Waals surface area contributed by atoms with Crippen LogP contribution in [0.3, 0.4) is 0 Å². The summed E-state index contributed by atoms with van der Waals surface area (Å²) in [5.41, 5.74) is 0. The van der Waals surface area contributed by atoms with E-state index in [-0.39, 0.29) is 16.6 Å². The van der Waals surface area contributed by atoms with Crippen molar-refractivity contribution in [3.63, 3.8) is 0 Å². The Bertz CT molecular complexity index is 933. The van der Waals surface area contributed by atoms with Gasteiger partial charge >= 0.3 is 0 Å². The molecule has 0 unspecified atom stereocenters. The smallest absolute Gasteiger partial charge is 0.263 e. The molecule has 0 aliphatic heterocycles. The zero-order chi connectivity index (χ0) is 17.0. The van der Waals surface area contributed by atoms with Gasteiger partial charge < -0.3 is 4.74 Å². The molecule has 0 fully saturated rings. The predicted octanol–water partition coefficient (Wildman–Crippen LogP) is 4.33. The molecule has 5 nitrogen and oxygen atoms in total. The van der Waals surface area contributed by atoms with Gasteiger partial charge in [-0.25, -0.2) is 8.42 Å². The molecule has 1 aromatic heterocycles. The van der Waals surface area contributed by atoms with Crippen molar-refractivity contribution in [1.29, 1.82) is 0 Å². The Morgan fingerprint density at radius 2 is 1.54 bits per heavy atom. The minimum absolute atomic E-state index is 0.0808. The van der Waals surface area contributed by atoms with E-state index in [0.717, 1.165) is 0 Å². The van der Waals surface area contributed by atoms with Crippen LogP contribution in [0.5, 0.6) is 11.6 Å². The van der Waals surface area contributed by atoms with Crippen LogP contribution in [-0.4, -0.2) is 13.4 Å². The Morgan fingerprint density at radius 3 is 2.21 bits per heavy atom. The second-order valence-corrected chi connectivity index (χ2v) is 6.96. The number of aromatic nitrogens is 1. The Balaban J connectivity index is 1.87. The lowest BCUT2D eigenvalue weighted by atomic mass is 10.3. The highest BCUT2D eigenvalue weighted by Crippen LogP contribution is 2.26. The van der Waals surface area contributed by atoms with Crippen molar-refractivity contribution in [2.45, 2.75) is 4.90 Å².